The molecule has 0 aromatic heterocycles. The van der Waals surface area contributed by atoms with Gasteiger partial charge in [0.15, 0.2) is 0 Å². The molecule has 1 amide bonds. The molecule has 3 rings (SSSR count). The molecule has 0 unspecified atom stereocenters. The highest BCUT2D eigenvalue weighted by Crippen LogP contribution is 2.25. The van der Waals surface area contributed by atoms with Crippen LogP contribution in [0.5, 0.6) is 0 Å². The van der Waals surface area contributed by atoms with Crippen molar-refractivity contribution < 1.29 is 9.18 Å². The van der Waals surface area contributed by atoms with Gasteiger partial charge in [-0.3, -0.25) is 4.79 Å². The number of fused-ring (bicyclic) bond motifs is 1. The zero-order chi connectivity index (χ0) is 14.8. The summed E-state index contributed by atoms with van der Waals surface area (Å²) in [6, 6.07) is 10.2. The Labute approximate surface area is 123 Å². The number of carbonyl (C=O) groups is 1. The molecule has 108 valence electrons. The zero-order valence-corrected chi connectivity index (χ0v) is 11.9. The first-order chi connectivity index (χ1) is 10.1. The lowest BCUT2D eigenvalue weighted by atomic mass is 10.0. The Bertz CT molecular complexity index is 677. The predicted molar refractivity (Wildman–Crippen MR) is 82.3 cm³/mol. The maximum absolute atomic E-state index is 13.4. The standard InChI is InChI=1S/C17H17FN2O/c1-11-7-13(9-14(18)8-11)17(21)20-15-5-4-12-3-2-6-19-16(12)10-15/h4-5,7-10,19H,2-3,6H2,1H3,(H,20,21). The van der Waals surface area contributed by atoms with E-state index < -0.39 is 5.82 Å². The molecule has 21 heavy (non-hydrogen) atoms. The maximum Gasteiger partial charge on any atom is 0.255 e. The Hall–Kier alpha value is -2.36. The van der Waals surface area contributed by atoms with Crippen molar-refractivity contribution >= 4 is 17.3 Å². The molecule has 1 heterocycles. The molecule has 0 saturated heterocycles. The second kappa shape index (κ2) is 5.56. The topological polar surface area (TPSA) is 41.1 Å². The van der Waals surface area contributed by atoms with Crippen LogP contribution in [0.4, 0.5) is 15.8 Å². The minimum absolute atomic E-state index is 0.298. The molecular weight excluding hydrogens is 267 g/mol. The lowest BCUT2D eigenvalue weighted by Crippen LogP contribution is -2.15. The van der Waals surface area contributed by atoms with E-state index >= 15 is 0 Å². The summed E-state index contributed by atoms with van der Waals surface area (Å²) in [7, 11) is 0. The van der Waals surface area contributed by atoms with Crippen molar-refractivity contribution in [2.24, 2.45) is 0 Å². The van der Waals surface area contributed by atoms with Crippen LogP contribution in [0.15, 0.2) is 36.4 Å². The Balaban J connectivity index is 1.81. The van der Waals surface area contributed by atoms with Crippen molar-refractivity contribution in [2.45, 2.75) is 19.8 Å². The van der Waals surface area contributed by atoms with Gasteiger partial charge in [0.2, 0.25) is 0 Å². The quantitative estimate of drug-likeness (QED) is 0.882. The number of aryl methyl sites for hydroxylation is 2. The first-order valence-electron chi connectivity index (χ1n) is 7.07. The lowest BCUT2D eigenvalue weighted by molar-refractivity contribution is 0.102. The number of rotatable bonds is 2. The average Bonchev–Trinajstić information content (AvgIpc) is 2.46. The van der Waals surface area contributed by atoms with Crippen molar-refractivity contribution in [3.05, 3.63) is 58.9 Å². The largest absolute Gasteiger partial charge is 0.385 e. The molecule has 0 bridgehead atoms. The Kier molecular flexibility index (Phi) is 3.60. The number of halogens is 1. The van der Waals surface area contributed by atoms with Gasteiger partial charge in [0.25, 0.3) is 5.91 Å². The maximum atomic E-state index is 13.4. The van der Waals surface area contributed by atoms with Crippen molar-refractivity contribution in [3.8, 4) is 0 Å². The van der Waals surface area contributed by atoms with E-state index in [1.165, 1.54) is 17.7 Å². The van der Waals surface area contributed by atoms with Crippen molar-refractivity contribution in [1.29, 1.82) is 0 Å². The van der Waals surface area contributed by atoms with Crippen LogP contribution < -0.4 is 10.6 Å². The Morgan fingerprint density at radius 3 is 2.90 bits per heavy atom. The van der Waals surface area contributed by atoms with Gasteiger partial charge in [-0.2, -0.15) is 0 Å². The van der Waals surface area contributed by atoms with Gasteiger partial charge in [0.05, 0.1) is 0 Å². The van der Waals surface area contributed by atoms with Gasteiger partial charge in [-0.05, 0) is 61.2 Å². The Morgan fingerprint density at radius 2 is 2.10 bits per heavy atom. The van der Waals surface area contributed by atoms with E-state index in [-0.39, 0.29) is 5.91 Å². The molecule has 1 aliphatic heterocycles. The third kappa shape index (κ3) is 3.05. The zero-order valence-electron chi connectivity index (χ0n) is 11.9. The van der Waals surface area contributed by atoms with Gasteiger partial charge in [-0.25, -0.2) is 4.39 Å². The van der Waals surface area contributed by atoms with E-state index in [2.05, 4.69) is 10.6 Å². The van der Waals surface area contributed by atoms with Crippen molar-refractivity contribution in [1.82, 2.24) is 0 Å². The molecule has 1 aliphatic rings. The van der Waals surface area contributed by atoms with Gasteiger partial charge < -0.3 is 10.6 Å². The fourth-order valence-electron chi connectivity index (χ4n) is 2.61. The first kappa shape index (κ1) is 13.6. The van der Waals surface area contributed by atoms with Crippen molar-refractivity contribution in [3.63, 3.8) is 0 Å². The number of hydrogen-bond acceptors (Lipinski definition) is 2. The SMILES string of the molecule is Cc1cc(F)cc(C(=O)Nc2ccc3c(c2)NCCC3)c1. The summed E-state index contributed by atoms with van der Waals surface area (Å²) >= 11 is 0. The predicted octanol–water partition coefficient (Wildman–Crippen LogP) is 3.74. The van der Waals surface area contributed by atoms with Crippen LogP contribution in [-0.4, -0.2) is 12.5 Å². The Morgan fingerprint density at radius 1 is 1.24 bits per heavy atom. The third-order valence-corrected chi connectivity index (χ3v) is 3.61. The summed E-state index contributed by atoms with van der Waals surface area (Å²) in [6.45, 7) is 2.72. The van der Waals surface area contributed by atoms with Crippen LogP contribution in [0.2, 0.25) is 0 Å². The van der Waals surface area contributed by atoms with Crippen LogP contribution >= 0.6 is 0 Å². The fourth-order valence-corrected chi connectivity index (χ4v) is 2.61. The van der Waals surface area contributed by atoms with E-state index in [0.717, 1.165) is 36.3 Å². The van der Waals surface area contributed by atoms with Crippen LogP contribution in [0.25, 0.3) is 0 Å². The molecule has 2 aromatic carbocycles. The highest BCUT2D eigenvalue weighted by Gasteiger charge is 2.12. The second-order valence-corrected chi connectivity index (χ2v) is 5.37. The van der Waals surface area contributed by atoms with Crippen LogP contribution in [0, 0.1) is 12.7 Å². The number of anilines is 2. The molecule has 0 spiro atoms. The minimum atomic E-state index is -0.396. The van der Waals surface area contributed by atoms with Crippen LogP contribution in [0.1, 0.15) is 27.9 Å². The molecule has 2 N–H and O–H groups in total. The summed E-state index contributed by atoms with van der Waals surface area (Å²) in [6.07, 6.45) is 2.18. The molecule has 2 aromatic rings. The van der Waals surface area contributed by atoms with Gasteiger partial charge in [0, 0.05) is 23.5 Å². The molecular formula is C17H17FN2O. The number of amides is 1. The number of hydrogen-bond donors (Lipinski definition) is 2. The summed E-state index contributed by atoms with van der Waals surface area (Å²) in [5.41, 5.74) is 4.11. The number of benzene rings is 2. The molecule has 0 atom stereocenters. The van der Waals surface area contributed by atoms with Gasteiger partial charge >= 0.3 is 0 Å². The summed E-state index contributed by atoms with van der Waals surface area (Å²) < 4.78 is 13.4. The summed E-state index contributed by atoms with van der Waals surface area (Å²) in [5, 5.41) is 6.14. The number of nitrogens with one attached hydrogen (secondary N) is 2. The third-order valence-electron chi connectivity index (χ3n) is 3.61. The molecule has 3 nitrogen and oxygen atoms in total. The summed E-state index contributed by atoms with van der Waals surface area (Å²) in [5.74, 6) is -0.694. The smallest absolute Gasteiger partial charge is 0.255 e. The highest BCUT2D eigenvalue weighted by molar-refractivity contribution is 6.04. The fraction of sp³-hybridized carbons (Fsp3) is 0.235. The first-order valence-corrected chi connectivity index (χ1v) is 7.07. The second-order valence-electron chi connectivity index (χ2n) is 5.37. The lowest BCUT2D eigenvalue weighted by Gasteiger charge is -2.19. The van der Waals surface area contributed by atoms with Crippen molar-refractivity contribution in [2.75, 3.05) is 17.2 Å². The molecule has 0 radical (unpaired) electrons. The van der Waals surface area contributed by atoms with E-state index in [9.17, 15) is 9.18 Å². The molecule has 0 fully saturated rings. The molecule has 0 aliphatic carbocycles. The molecule has 0 saturated carbocycles. The van der Waals surface area contributed by atoms with Crippen LogP contribution in [0.3, 0.4) is 0 Å². The van der Waals surface area contributed by atoms with E-state index in [1.54, 1.807) is 13.0 Å². The van der Waals surface area contributed by atoms with Gasteiger partial charge in [0.1, 0.15) is 5.82 Å². The average molecular weight is 284 g/mol. The minimum Gasteiger partial charge on any atom is -0.385 e. The van der Waals surface area contributed by atoms with E-state index in [0.29, 0.717) is 5.56 Å². The van der Waals surface area contributed by atoms with Gasteiger partial charge in [-0.1, -0.05) is 6.07 Å². The van der Waals surface area contributed by atoms with E-state index in [1.807, 2.05) is 18.2 Å². The normalized spacial score (nSPS) is 13.2. The number of carbonyl (C=O) groups excluding carboxylic acids is 1. The monoisotopic (exact) mass is 284 g/mol. The summed E-state index contributed by atoms with van der Waals surface area (Å²) in [4.78, 5) is 12.2. The highest BCUT2D eigenvalue weighted by atomic mass is 19.1. The molecule has 4 heteroatoms. The van der Waals surface area contributed by atoms with Crippen LogP contribution in [-0.2, 0) is 6.42 Å². The van der Waals surface area contributed by atoms with Gasteiger partial charge in [-0.15, -0.1) is 0 Å². The van der Waals surface area contributed by atoms with E-state index in [4.69, 9.17) is 0 Å².